The predicted octanol–water partition coefficient (Wildman–Crippen LogP) is 21.9. The van der Waals surface area contributed by atoms with Crippen LogP contribution in [0.1, 0.15) is 165 Å². The molecule has 0 atom stereocenters. The van der Waals surface area contributed by atoms with E-state index >= 15 is 0 Å². The summed E-state index contributed by atoms with van der Waals surface area (Å²) in [4.78, 5) is 15.3. The second-order valence-electron chi connectivity index (χ2n) is 28.8. The summed E-state index contributed by atoms with van der Waals surface area (Å²) >= 11 is 0. The largest absolute Gasteiger partial charge is 2.00 e. The molecule has 1 aliphatic heterocycles. The minimum absolute atomic E-state index is 0. The van der Waals surface area contributed by atoms with E-state index in [1.54, 1.807) is 0 Å². The molecule has 3 heterocycles. The topological polar surface area (TPSA) is 41.5 Å². The average Bonchev–Trinajstić information content (AvgIpc) is 1.14. The molecule has 0 saturated carbocycles. The Bertz CT molecular complexity index is 3970. The second-order valence-corrected chi connectivity index (χ2v) is 28.8. The molecule has 1 aliphatic rings. The molecule has 6 heteroatoms. The van der Waals surface area contributed by atoms with Crippen molar-refractivity contribution >= 4 is 34.1 Å². The van der Waals surface area contributed by atoms with Gasteiger partial charge in [-0.05, 0) is 169 Å². The molecule has 0 N–H and O–H groups in total. The number of pyridine rings is 2. The summed E-state index contributed by atoms with van der Waals surface area (Å²) in [5.41, 5.74) is 21.5. The number of rotatable bonds is 10. The van der Waals surface area contributed by atoms with E-state index in [-0.39, 0.29) is 48.1 Å². The van der Waals surface area contributed by atoms with Gasteiger partial charge in [-0.25, -0.2) is 0 Å². The van der Waals surface area contributed by atoms with Gasteiger partial charge in [0, 0.05) is 46.6 Å². The number of hydrogen-bond donors (Lipinski definition) is 0. The molecule has 0 amide bonds. The quantitative estimate of drug-likeness (QED) is 0.128. The van der Waals surface area contributed by atoms with Gasteiger partial charge < -0.3 is 19.5 Å². The van der Waals surface area contributed by atoms with Crippen LogP contribution in [0.15, 0.2) is 200 Å². The van der Waals surface area contributed by atoms with E-state index in [1.807, 2.05) is 24.5 Å². The van der Waals surface area contributed by atoms with Crippen molar-refractivity contribution in [3.05, 3.63) is 274 Å². The first-order valence-corrected chi connectivity index (χ1v) is 30.5. The third kappa shape index (κ3) is 12.3. The molecule has 11 rings (SSSR count). The number of fused-ring (bicyclic) bond motifs is 2. The Kier molecular flexibility index (Phi) is 16.7. The third-order valence-electron chi connectivity index (χ3n) is 17.3. The van der Waals surface area contributed by atoms with Crippen molar-refractivity contribution in [2.24, 2.45) is 0 Å². The van der Waals surface area contributed by atoms with Crippen molar-refractivity contribution in [2.45, 2.75) is 150 Å². The van der Waals surface area contributed by atoms with E-state index in [2.05, 4.69) is 316 Å². The first-order chi connectivity index (χ1) is 40.6. The maximum Gasteiger partial charge on any atom is 2.00 e. The molecule has 5 nitrogen and oxygen atoms in total. The van der Waals surface area contributed by atoms with Crippen LogP contribution in [0.5, 0.6) is 11.5 Å². The Hall–Kier alpha value is -7.85. The number of hydrogen-bond acceptors (Lipinski definition) is 5. The first kappa shape index (κ1) is 62.2. The van der Waals surface area contributed by atoms with Crippen LogP contribution in [0.25, 0.3) is 22.4 Å². The molecule has 87 heavy (non-hydrogen) atoms. The zero-order valence-corrected chi connectivity index (χ0v) is 56.3. The number of anilines is 6. The van der Waals surface area contributed by atoms with E-state index in [0.29, 0.717) is 11.5 Å². The molecule has 444 valence electrons. The van der Waals surface area contributed by atoms with Crippen molar-refractivity contribution < 1.29 is 25.8 Å². The summed E-state index contributed by atoms with van der Waals surface area (Å²) in [5, 5.41) is 0. The Morgan fingerprint density at radius 1 is 0.425 bits per heavy atom. The fourth-order valence-electron chi connectivity index (χ4n) is 12.3. The molecule has 0 fully saturated rings. The van der Waals surface area contributed by atoms with Gasteiger partial charge in [0.15, 0.2) is 0 Å². The van der Waals surface area contributed by atoms with E-state index in [1.165, 1.54) is 38.9 Å². The van der Waals surface area contributed by atoms with Crippen LogP contribution in [0.4, 0.5) is 34.1 Å². The molecular weight excluding hydrogens is 1240 g/mol. The molecular formula is C81H84N4OPt. The number of ether oxygens (including phenoxy) is 1. The molecule has 0 unspecified atom stereocenters. The standard InChI is InChI=1S/C81H84N4O.Pt/c1-53-22-20-23-54(2)75(53)56-46-55(71-52-66(43-45-82-71)84(63-35-27-57(28-36-63)76(3,4)5)64-37-29-58(30-38-64)77(6,7)8)47-68(48-56)86-67-25-21-24-62(49-67)81(74-26-18-19-44-83-74)69-50-60(79(12,13)14)33-41-72(69)85(65-39-31-59(32-40-65)78(9,10)11)73-42-34-61(51-70(73)81)80(15,16)17;/h18-46,48,50-52H,1-17H3;/q-2;+2. The van der Waals surface area contributed by atoms with E-state index in [0.717, 1.165) is 78.9 Å². The van der Waals surface area contributed by atoms with Gasteiger partial charge in [-0.2, -0.15) is 12.1 Å². The van der Waals surface area contributed by atoms with Gasteiger partial charge in [0.2, 0.25) is 0 Å². The Labute approximate surface area is 534 Å². The third-order valence-corrected chi connectivity index (χ3v) is 17.3. The van der Waals surface area contributed by atoms with Crippen LogP contribution >= 0.6 is 0 Å². The normalized spacial score (nSPS) is 13.3. The van der Waals surface area contributed by atoms with Crippen molar-refractivity contribution in [2.75, 3.05) is 9.80 Å². The van der Waals surface area contributed by atoms with Gasteiger partial charge in [-0.15, -0.1) is 29.3 Å². The van der Waals surface area contributed by atoms with Crippen LogP contribution in [-0.4, -0.2) is 9.97 Å². The van der Waals surface area contributed by atoms with Crippen LogP contribution < -0.4 is 14.5 Å². The summed E-state index contributed by atoms with van der Waals surface area (Å²) in [6, 6.07) is 76.8. The van der Waals surface area contributed by atoms with Gasteiger partial charge in [0.05, 0.1) is 22.5 Å². The van der Waals surface area contributed by atoms with Crippen LogP contribution in [0.3, 0.4) is 0 Å². The van der Waals surface area contributed by atoms with Gasteiger partial charge >= 0.3 is 21.1 Å². The summed E-state index contributed by atoms with van der Waals surface area (Å²) in [7, 11) is 0. The molecule has 0 saturated heterocycles. The van der Waals surface area contributed by atoms with E-state index in [9.17, 15) is 0 Å². The van der Waals surface area contributed by atoms with Gasteiger partial charge in [-0.3, -0.25) is 4.98 Å². The monoisotopic (exact) mass is 1320 g/mol. The summed E-state index contributed by atoms with van der Waals surface area (Å²) in [6.07, 6.45) is 3.84. The fraction of sp³-hybridized carbons (Fsp3) is 0.284. The van der Waals surface area contributed by atoms with Crippen molar-refractivity contribution in [1.82, 2.24) is 9.97 Å². The minimum atomic E-state index is -0.957. The molecule has 2 aromatic heterocycles. The van der Waals surface area contributed by atoms with Crippen molar-refractivity contribution in [3.63, 3.8) is 0 Å². The fourth-order valence-corrected chi connectivity index (χ4v) is 12.3. The maximum atomic E-state index is 7.27. The van der Waals surface area contributed by atoms with Crippen molar-refractivity contribution in [3.8, 4) is 33.9 Å². The van der Waals surface area contributed by atoms with Crippen LogP contribution in [0.2, 0.25) is 0 Å². The van der Waals surface area contributed by atoms with Crippen LogP contribution in [-0.2, 0) is 53.6 Å². The molecule has 8 aromatic carbocycles. The van der Waals surface area contributed by atoms with E-state index < -0.39 is 5.41 Å². The van der Waals surface area contributed by atoms with E-state index in [4.69, 9.17) is 14.7 Å². The zero-order valence-electron chi connectivity index (χ0n) is 54.1. The summed E-state index contributed by atoms with van der Waals surface area (Å²) in [5.74, 6) is 1.12. The number of aromatic nitrogens is 2. The molecule has 0 radical (unpaired) electrons. The SMILES string of the molecule is Cc1cccc(C)c1-c1cc(Oc2[c-]c(C3(c4ccccn4)c4cc(C(C)(C)C)ccc4N(c4ccc(C(C)(C)C)cc4)c4ccc(C(C)(C)C)cc43)ccc2)[c-]c(-c2cc(N(c3ccc(C(C)(C)C)cc3)c3ccc(C(C)(C)C)cc3)ccn2)c1.[Pt+2]. The van der Waals surface area contributed by atoms with Gasteiger partial charge in [0.1, 0.15) is 0 Å². The number of benzene rings is 8. The maximum absolute atomic E-state index is 7.27. The molecule has 0 spiro atoms. The molecule has 0 bridgehead atoms. The van der Waals surface area contributed by atoms with Gasteiger partial charge in [-0.1, -0.05) is 213 Å². The summed E-state index contributed by atoms with van der Waals surface area (Å²) in [6.45, 7) is 38.5. The smallest absolute Gasteiger partial charge is 0.503 e. The average molecular weight is 1320 g/mol. The Morgan fingerprint density at radius 2 is 0.920 bits per heavy atom. The minimum Gasteiger partial charge on any atom is -0.503 e. The summed E-state index contributed by atoms with van der Waals surface area (Å²) < 4.78 is 7.27. The second kappa shape index (κ2) is 23.3. The predicted molar refractivity (Wildman–Crippen MR) is 361 cm³/mol. The van der Waals surface area contributed by atoms with Crippen molar-refractivity contribution in [1.29, 1.82) is 0 Å². The zero-order chi connectivity index (χ0) is 61.3. The first-order valence-electron chi connectivity index (χ1n) is 30.5. The molecule has 0 aliphatic carbocycles. The Morgan fingerprint density at radius 3 is 1.41 bits per heavy atom. The number of aryl methyl sites for hydroxylation is 2. The molecule has 10 aromatic rings. The Balaban J connectivity index is 0.00000838. The van der Waals surface area contributed by atoms with Gasteiger partial charge in [0.25, 0.3) is 0 Å². The van der Waals surface area contributed by atoms with Crippen LogP contribution in [0, 0.1) is 26.0 Å². The number of nitrogens with zero attached hydrogens (tertiary/aromatic N) is 4.